The summed E-state index contributed by atoms with van der Waals surface area (Å²) >= 11 is 0. The first-order valence-corrected chi connectivity index (χ1v) is 12.9. The number of rotatable bonds is 11. The van der Waals surface area contributed by atoms with Gasteiger partial charge >= 0.3 is 18.2 Å². The van der Waals surface area contributed by atoms with Crippen molar-refractivity contribution in [2.75, 3.05) is 19.7 Å². The van der Waals surface area contributed by atoms with Crippen molar-refractivity contribution in [1.82, 2.24) is 10.2 Å². The predicted octanol–water partition coefficient (Wildman–Crippen LogP) is 4.97. The van der Waals surface area contributed by atoms with Crippen LogP contribution in [-0.4, -0.2) is 66.0 Å². The Kier molecular flexibility index (Phi) is 9.28. The third kappa shape index (κ3) is 7.63. The summed E-state index contributed by atoms with van der Waals surface area (Å²) in [6.45, 7) is -1.72. The van der Waals surface area contributed by atoms with Gasteiger partial charge in [0.25, 0.3) is 0 Å². The van der Waals surface area contributed by atoms with Gasteiger partial charge in [-0.15, -0.1) is 0 Å². The van der Waals surface area contributed by atoms with E-state index in [0.717, 1.165) is 27.8 Å². The highest BCUT2D eigenvalue weighted by atomic mass is 19.4. The minimum atomic E-state index is -4.87. The number of alkyl halides is 3. The van der Waals surface area contributed by atoms with Crippen LogP contribution in [0.5, 0.6) is 0 Å². The molecule has 0 heterocycles. The van der Waals surface area contributed by atoms with Crippen LogP contribution in [-0.2, 0) is 25.7 Å². The fraction of sp³-hybridized carbons (Fsp3) is 0.300. The zero-order valence-corrected chi connectivity index (χ0v) is 22.1. The average molecular weight is 571 g/mol. The van der Waals surface area contributed by atoms with Crippen LogP contribution in [0.2, 0.25) is 0 Å². The molecule has 2 atom stereocenters. The molecule has 1 aliphatic rings. The second kappa shape index (κ2) is 12.9. The molecule has 0 aliphatic heterocycles. The third-order valence-electron chi connectivity index (χ3n) is 6.72. The largest absolute Gasteiger partial charge is 0.480 e. The Balaban J connectivity index is 1.51. The molecule has 0 fully saturated rings. The highest BCUT2D eigenvalue weighted by Gasteiger charge is 2.39. The number of hydrogen-bond acceptors (Lipinski definition) is 5. The predicted molar refractivity (Wildman–Crippen MR) is 143 cm³/mol. The van der Waals surface area contributed by atoms with Gasteiger partial charge in [-0.25, -0.2) is 4.79 Å². The number of nitrogens with one attached hydrogen (secondary N) is 1. The van der Waals surface area contributed by atoms with Crippen molar-refractivity contribution in [3.05, 3.63) is 95.6 Å². The van der Waals surface area contributed by atoms with Gasteiger partial charge in [0, 0.05) is 5.92 Å². The fourth-order valence-electron chi connectivity index (χ4n) is 4.83. The lowest BCUT2D eigenvalue weighted by atomic mass is 9.98. The molecule has 2 amide bonds. The number of nitrogens with zero attached hydrogens (tertiary/aromatic N) is 1. The van der Waals surface area contributed by atoms with Crippen molar-refractivity contribution in [3.63, 3.8) is 0 Å². The number of carbonyl (C=O) groups is 3. The maximum absolute atomic E-state index is 13.2. The van der Waals surface area contributed by atoms with Gasteiger partial charge in [0.2, 0.25) is 5.91 Å². The van der Waals surface area contributed by atoms with Crippen LogP contribution < -0.4 is 5.32 Å². The molecule has 0 saturated heterocycles. The molecule has 3 aromatic carbocycles. The SMILES string of the molecule is CC(OCc1ccccc1)C(NC(=O)OCC1c2ccccc2-c2ccccc21)C(=O)N(CC(=O)O)CC(F)(F)F. The van der Waals surface area contributed by atoms with Gasteiger partial charge in [0.1, 0.15) is 25.7 Å². The number of benzene rings is 3. The first kappa shape index (κ1) is 29.6. The minimum Gasteiger partial charge on any atom is -0.480 e. The minimum absolute atomic E-state index is 0.00361. The van der Waals surface area contributed by atoms with Crippen molar-refractivity contribution in [3.8, 4) is 11.1 Å². The molecule has 3 aromatic rings. The van der Waals surface area contributed by atoms with Crippen LogP contribution in [0.3, 0.4) is 0 Å². The average Bonchev–Trinajstić information content (AvgIpc) is 3.26. The Bertz CT molecular complexity index is 1340. The standard InChI is InChI=1S/C30H29F3N2O6/c1-19(40-16-20-9-3-2-4-10-20)27(28(38)35(15-26(36)37)18-30(31,32)33)34-29(39)41-17-25-23-13-7-5-11-21(23)22-12-6-8-14-24(22)25/h2-14,19,25,27H,15-18H2,1H3,(H,34,39)(H,36,37). The maximum atomic E-state index is 13.2. The Morgan fingerprint density at radius 1 is 0.927 bits per heavy atom. The zero-order chi connectivity index (χ0) is 29.6. The van der Waals surface area contributed by atoms with Crippen molar-refractivity contribution >= 4 is 18.0 Å². The molecule has 0 spiro atoms. The van der Waals surface area contributed by atoms with Crippen LogP contribution in [0.4, 0.5) is 18.0 Å². The van der Waals surface area contributed by atoms with E-state index in [-0.39, 0.29) is 24.0 Å². The number of ether oxygens (including phenoxy) is 2. The van der Waals surface area contributed by atoms with Gasteiger partial charge in [-0.3, -0.25) is 9.59 Å². The van der Waals surface area contributed by atoms with Gasteiger partial charge in [0.05, 0.1) is 12.7 Å². The van der Waals surface area contributed by atoms with E-state index in [9.17, 15) is 27.6 Å². The number of alkyl carbamates (subject to hydrolysis) is 1. The number of carboxylic acids is 1. The summed E-state index contributed by atoms with van der Waals surface area (Å²) in [6.07, 6.45) is -7.05. The molecule has 8 nitrogen and oxygen atoms in total. The quantitative estimate of drug-likeness (QED) is 0.337. The van der Waals surface area contributed by atoms with Crippen molar-refractivity contribution in [2.24, 2.45) is 0 Å². The molecule has 0 bridgehead atoms. The van der Waals surface area contributed by atoms with Crippen LogP contribution in [0, 0.1) is 0 Å². The van der Waals surface area contributed by atoms with Crippen molar-refractivity contribution in [1.29, 1.82) is 0 Å². The molecule has 2 N–H and O–H groups in total. The number of amides is 2. The first-order chi connectivity index (χ1) is 19.5. The number of carbonyl (C=O) groups excluding carboxylic acids is 2. The molecular weight excluding hydrogens is 541 g/mol. The summed E-state index contributed by atoms with van der Waals surface area (Å²) < 4.78 is 50.9. The van der Waals surface area contributed by atoms with E-state index in [1.165, 1.54) is 6.92 Å². The second-order valence-corrected chi connectivity index (χ2v) is 9.65. The summed E-state index contributed by atoms with van der Waals surface area (Å²) in [4.78, 5) is 37.6. The monoisotopic (exact) mass is 570 g/mol. The number of hydrogen-bond donors (Lipinski definition) is 2. The van der Waals surface area contributed by atoms with E-state index in [4.69, 9.17) is 14.6 Å². The Morgan fingerprint density at radius 3 is 2.05 bits per heavy atom. The van der Waals surface area contributed by atoms with E-state index in [1.54, 1.807) is 30.3 Å². The van der Waals surface area contributed by atoms with E-state index < -0.39 is 49.4 Å². The summed E-state index contributed by atoms with van der Waals surface area (Å²) in [5.74, 6) is -3.19. The fourth-order valence-corrected chi connectivity index (χ4v) is 4.83. The van der Waals surface area contributed by atoms with E-state index in [0.29, 0.717) is 0 Å². The highest BCUT2D eigenvalue weighted by molar-refractivity contribution is 5.88. The lowest BCUT2D eigenvalue weighted by molar-refractivity contribution is -0.168. The Hall–Kier alpha value is -4.38. The lowest BCUT2D eigenvalue weighted by Gasteiger charge is -2.30. The van der Waals surface area contributed by atoms with Gasteiger partial charge in [-0.1, -0.05) is 78.9 Å². The van der Waals surface area contributed by atoms with Gasteiger partial charge in [0.15, 0.2) is 0 Å². The van der Waals surface area contributed by atoms with Crippen molar-refractivity contribution < 1.29 is 42.1 Å². The van der Waals surface area contributed by atoms with Crippen LogP contribution in [0.15, 0.2) is 78.9 Å². The number of aliphatic carboxylic acids is 1. The number of fused-ring (bicyclic) bond motifs is 3. The molecule has 0 radical (unpaired) electrons. The molecule has 11 heteroatoms. The van der Waals surface area contributed by atoms with E-state index in [1.807, 2.05) is 48.5 Å². The number of carboxylic acid groups (broad SMARTS) is 1. The second-order valence-electron chi connectivity index (χ2n) is 9.65. The van der Waals surface area contributed by atoms with Gasteiger partial charge < -0.3 is 24.8 Å². The lowest BCUT2D eigenvalue weighted by Crippen LogP contribution is -2.56. The summed E-state index contributed by atoms with van der Waals surface area (Å²) in [5.41, 5.74) is 4.64. The smallest absolute Gasteiger partial charge is 0.407 e. The highest BCUT2D eigenvalue weighted by Crippen LogP contribution is 2.44. The third-order valence-corrected chi connectivity index (χ3v) is 6.72. The molecule has 2 unspecified atom stereocenters. The molecule has 4 rings (SSSR count). The van der Waals surface area contributed by atoms with E-state index >= 15 is 0 Å². The molecule has 216 valence electrons. The molecule has 41 heavy (non-hydrogen) atoms. The van der Waals surface area contributed by atoms with Crippen LogP contribution in [0.25, 0.3) is 11.1 Å². The molecule has 0 aromatic heterocycles. The summed E-state index contributed by atoms with van der Waals surface area (Å²) in [6, 6.07) is 22.5. The van der Waals surface area contributed by atoms with E-state index in [2.05, 4.69) is 5.32 Å². The molecular formula is C30H29F3N2O6. The molecule has 0 saturated carbocycles. The normalized spacial score (nSPS) is 14.0. The molecule has 1 aliphatic carbocycles. The maximum Gasteiger partial charge on any atom is 0.407 e. The first-order valence-electron chi connectivity index (χ1n) is 12.9. The topological polar surface area (TPSA) is 105 Å². The van der Waals surface area contributed by atoms with Gasteiger partial charge in [-0.05, 0) is 34.7 Å². The van der Waals surface area contributed by atoms with Crippen LogP contribution in [0.1, 0.15) is 29.5 Å². The Labute approximate surface area is 234 Å². The van der Waals surface area contributed by atoms with Crippen LogP contribution >= 0.6 is 0 Å². The summed E-state index contributed by atoms with van der Waals surface area (Å²) in [5, 5.41) is 11.5. The zero-order valence-electron chi connectivity index (χ0n) is 22.1. The number of halogens is 3. The summed E-state index contributed by atoms with van der Waals surface area (Å²) in [7, 11) is 0. The Morgan fingerprint density at radius 2 is 1.49 bits per heavy atom. The van der Waals surface area contributed by atoms with Gasteiger partial charge in [-0.2, -0.15) is 13.2 Å². The van der Waals surface area contributed by atoms with Crippen molar-refractivity contribution in [2.45, 2.75) is 37.8 Å².